The number of para-hydroxylation sites is 1. The Bertz CT molecular complexity index is 963. The number of amides is 1. The molecule has 28 heavy (non-hydrogen) atoms. The Balaban J connectivity index is 1.74. The summed E-state index contributed by atoms with van der Waals surface area (Å²) < 4.78 is 22.2. The van der Waals surface area contributed by atoms with E-state index in [4.69, 9.17) is 18.6 Å². The van der Waals surface area contributed by atoms with Crippen molar-refractivity contribution in [2.24, 2.45) is 0 Å². The van der Waals surface area contributed by atoms with Crippen molar-refractivity contribution >= 4 is 16.9 Å². The van der Waals surface area contributed by atoms with Crippen LogP contribution in [-0.2, 0) is 11.2 Å². The highest BCUT2D eigenvalue weighted by Crippen LogP contribution is 2.31. The summed E-state index contributed by atoms with van der Waals surface area (Å²) >= 11 is 0. The number of carbonyl (C=O) groups is 1. The fraction of sp³-hybridized carbons (Fsp3) is 0.318. The third-order valence-corrected chi connectivity index (χ3v) is 4.47. The van der Waals surface area contributed by atoms with Gasteiger partial charge in [-0.15, -0.1) is 0 Å². The van der Waals surface area contributed by atoms with Gasteiger partial charge < -0.3 is 23.9 Å². The summed E-state index contributed by atoms with van der Waals surface area (Å²) in [6.07, 6.45) is 0.176. The predicted octanol–water partition coefficient (Wildman–Crippen LogP) is 4.27. The maximum Gasteiger partial charge on any atom is 0.225 e. The second-order valence-electron chi connectivity index (χ2n) is 6.40. The van der Waals surface area contributed by atoms with E-state index in [-0.39, 0.29) is 18.4 Å². The number of methoxy groups -OCH3 is 2. The molecule has 148 valence electrons. The van der Waals surface area contributed by atoms with Gasteiger partial charge >= 0.3 is 0 Å². The number of hydrogen-bond acceptors (Lipinski definition) is 5. The van der Waals surface area contributed by atoms with E-state index < -0.39 is 0 Å². The first-order chi connectivity index (χ1) is 13.5. The highest BCUT2D eigenvalue weighted by atomic mass is 16.5. The molecule has 0 fully saturated rings. The molecule has 3 rings (SSSR count). The Morgan fingerprint density at radius 3 is 2.64 bits per heavy atom. The molecule has 0 aliphatic rings. The molecule has 0 radical (unpaired) electrons. The zero-order valence-electron chi connectivity index (χ0n) is 16.6. The lowest BCUT2D eigenvalue weighted by Crippen LogP contribution is -2.28. The average Bonchev–Trinajstić information content (AvgIpc) is 3.13. The molecule has 3 aromatic rings. The number of fused-ring (bicyclic) bond motifs is 1. The van der Waals surface area contributed by atoms with Gasteiger partial charge in [-0.1, -0.05) is 12.1 Å². The summed E-state index contributed by atoms with van der Waals surface area (Å²) in [6.45, 7) is 4.38. The molecular formula is C22H25NO5. The van der Waals surface area contributed by atoms with Crippen LogP contribution in [0.25, 0.3) is 11.0 Å². The molecule has 1 aromatic heterocycles. The highest BCUT2D eigenvalue weighted by Gasteiger charge is 2.17. The van der Waals surface area contributed by atoms with E-state index in [1.54, 1.807) is 32.4 Å². The van der Waals surface area contributed by atoms with Crippen molar-refractivity contribution in [1.82, 2.24) is 5.32 Å². The minimum Gasteiger partial charge on any atom is -0.497 e. The Labute approximate surface area is 164 Å². The summed E-state index contributed by atoms with van der Waals surface area (Å²) in [5, 5.41) is 3.92. The summed E-state index contributed by atoms with van der Waals surface area (Å²) in [6, 6.07) is 12.8. The van der Waals surface area contributed by atoms with Gasteiger partial charge in [-0.2, -0.15) is 0 Å². The van der Waals surface area contributed by atoms with E-state index in [9.17, 15) is 4.79 Å². The number of benzene rings is 2. The number of rotatable bonds is 8. The van der Waals surface area contributed by atoms with Gasteiger partial charge in [0.15, 0.2) is 11.3 Å². The van der Waals surface area contributed by atoms with Crippen molar-refractivity contribution in [2.45, 2.75) is 26.3 Å². The molecule has 0 saturated heterocycles. The van der Waals surface area contributed by atoms with Crippen LogP contribution in [0.4, 0.5) is 0 Å². The van der Waals surface area contributed by atoms with Crippen LogP contribution in [0.5, 0.6) is 17.2 Å². The van der Waals surface area contributed by atoms with Crippen LogP contribution in [0.15, 0.2) is 46.9 Å². The monoisotopic (exact) mass is 383 g/mol. The molecule has 1 atom stereocenters. The number of hydrogen-bond donors (Lipinski definition) is 1. The average molecular weight is 383 g/mol. The molecule has 0 aliphatic heterocycles. The van der Waals surface area contributed by atoms with Crippen LogP contribution < -0.4 is 19.5 Å². The molecule has 0 spiro atoms. The predicted molar refractivity (Wildman–Crippen MR) is 107 cm³/mol. The molecule has 0 bridgehead atoms. The van der Waals surface area contributed by atoms with Crippen LogP contribution in [0, 0.1) is 0 Å². The second-order valence-corrected chi connectivity index (χ2v) is 6.40. The topological polar surface area (TPSA) is 69.9 Å². The molecule has 1 amide bonds. The molecule has 2 aromatic carbocycles. The van der Waals surface area contributed by atoms with Crippen LogP contribution >= 0.6 is 0 Å². The molecule has 1 heterocycles. The largest absolute Gasteiger partial charge is 0.497 e. The first-order valence-corrected chi connectivity index (χ1v) is 9.21. The standard InChI is InChI=1S/C22H25NO5/c1-5-27-19-8-6-7-15-12-20(28-22(15)19)14(2)23-21(24)13-16-11-17(25-3)9-10-18(16)26-4/h6-12,14H,5,13H2,1-4H3,(H,23,24). The van der Waals surface area contributed by atoms with Crippen molar-refractivity contribution in [3.63, 3.8) is 0 Å². The van der Waals surface area contributed by atoms with Gasteiger partial charge in [0.25, 0.3) is 0 Å². The van der Waals surface area contributed by atoms with E-state index >= 15 is 0 Å². The van der Waals surface area contributed by atoms with Crippen LogP contribution in [0.1, 0.15) is 31.2 Å². The third-order valence-electron chi connectivity index (χ3n) is 4.47. The van der Waals surface area contributed by atoms with Crippen LogP contribution in [0.3, 0.4) is 0 Å². The normalized spacial score (nSPS) is 11.9. The zero-order chi connectivity index (χ0) is 20.1. The van der Waals surface area contributed by atoms with E-state index in [2.05, 4.69) is 5.32 Å². The Morgan fingerprint density at radius 2 is 1.93 bits per heavy atom. The number of nitrogens with one attached hydrogen (secondary N) is 1. The molecule has 6 nitrogen and oxygen atoms in total. The minimum absolute atomic E-state index is 0.135. The summed E-state index contributed by atoms with van der Waals surface area (Å²) in [4.78, 5) is 12.6. The smallest absolute Gasteiger partial charge is 0.225 e. The maximum atomic E-state index is 12.6. The first-order valence-electron chi connectivity index (χ1n) is 9.21. The van der Waals surface area contributed by atoms with Crippen molar-refractivity contribution < 1.29 is 23.4 Å². The Hall–Kier alpha value is -3.15. The van der Waals surface area contributed by atoms with Gasteiger partial charge in [0, 0.05) is 10.9 Å². The summed E-state index contributed by atoms with van der Waals surface area (Å²) in [7, 11) is 3.17. The molecule has 0 saturated carbocycles. The summed E-state index contributed by atoms with van der Waals surface area (Å²) in [5.74, 6) is 2.56. The maximum absolute atomic E-state index is 12.6. The number of ether oxygens (including phenoxy) is 3. The first kappa shape index (κ1) is 19.6. The molecule has 0 aliphatic carbocycles. The van der Waals surface area contributed by atoms with Crippen molar-refractivity contribution in [3.05, 3.63) is 53.8 Å². The van der Waals surface area contributed by atoms with Crippen LogP contribution in [-0.4, -0.2) is 26.7 Å². The van der Waals surface area contributed by atoms with E-state index in [0.717, 1.165) is 10.9 Å². The van der Waals surface area contributed by atoms with Crippen molar-refractivity contribution in [3.8, 4) is 17.2 Å². The quantitative estimate of drug-likeness (QED) is 0.629. The van der Waals surface area contributed by atoms with Crippen LogP contribution in [0.2, 0.25) is 0 Å². The summed E-state index contributed by atoms with van der Waals surface area (Å²) in [5.41, 5.74) is 1.45. The minimum atomic E-state index is -0.286. The molecule has 6 heteroatoms. The lowest BCUT2D eigenvalue weighted by molar-refractivity contribution is -0.121. The van der Waals surface area contributed by atoms with Gasteiger partial charge in [-0.05, 0) is 44.2 Å². The van der Waals surface area contributed by atoms with Gasteiger partial charge in [-0.3, -0.25) is 4.79 Å². The lowest BCUT2D eigenvalue weighted by atomic mass is 10.1. The van der Waals surface area contributed by atoms with Gasteiger partial charge in [0.1, 0.15) is 17.3 Å². The van der Waals surface area contributed by atoms with Crippen molar-refractivity contribution in [2.75, 3.05) is 20.8 Å². The molecule has 1 unspecified atom stereocenters. The Morgan fingerprint density at radius 1 is 1.11 bits per heavy atom. The number of carbonyl (C=O) groups excluding carboxylic acids is 1. The van der Waals surface area contributed by atoms with Gasteiger partial charge in [0.05, 0.1) is 33.3 Å². The van der Waals surface area contributed by atoms with Gasteiger partial charge in [-0.25, -0.2) is 0 Å². The molecule has 1 N–H and O–H groups in total. The van der Waals surface area contributed by atoms with E-state index in [0.29, 0.717) is 35.2 Å². The third kappa shape index (κ3) is 4.22. The Kier molecular flexibility index (Phi) is 6.09. The lowest BCUT2D eigenvalue weighted by Gasteiger charge is -2.13. The fourth-order valence-electron chi connectivity index (χ4n) is 3.10. The highest BCUT2D eigenvalue weighted by molar-refractivity contribution is 5.84. The fourth-order valence-corrected chi connectivity index (χ4v) is 3.10. The molecular weight excluding hydrogens is 358 g/mol. The number of furan rings is 1. The van der Waals surface area contributed by atoms with Gasteiger partial charge in [0.2, 0.25) is 5.91 Å². The van der Waals surface area contributed by atoms with E-state index in [1.807, 2.05) is 38.1 Å². The second kappa shape index (κ2) is 8.69. The SMILES string of the molecule is CCOc1cccc2cc(C(C)NC(=O)Cc3cc(OC)ccc3OC)oc12. The zero-order valence-corrected chi connectivity index (χ0v) is 16.6. The van der Waals surface area contributed by atoms with E-state index in [1.165, 1.54) is 0 Å². The van der Waals surface area contributed by atoms with Crippen molar-refractivity contribution in [1.29, 1.82) is 0 Å².